The number of nitrogens with one attached hydrogen (secondary N) is 1. The molecule has 5 nitrogen and oxygen atoms in total. The number of anilines is 1. The molecule has 9 heteroatoms. The summed E-state index contributed by atoms with van der Waals surface area (Å²) in [6.45, 7) is 3.30. The molecule has 0 saturated carbocycles. The molecule has 0 spiro atoms. The van der Waals surface area contributed by atoms with Gasteiger partial charge in [-0.2, -0.15) is 13.2 Å². The second-order valence-corrected chi connectivity index (χ2v) is 7.67. The Bertz CT molecular complexity index is 1090. The van der Waals surface area contributed by atoms with Crippen molar-refractivity contribution in [3.05, 3.63) is 80.2 Å². The summed E-state index contributed by atoms with van der Waals surface area (Å²) in [5.41, 5.74) is 0.467. The molecule has 1 aromatic carbocycles. The van der Waals surface area contributed by atoms with Crippen LogP contribution in [0.2, 0.25) is 0 Å². The first-order valence-corrected chi connectivity index (χ1v) is 9.53. The lowest BCUT2D eigenvalue weighted by Gasteiger charge is -2.09. The molecule has 152 valence electrons. The van der Waals surface area contributed by atoms with Gasteiger partial charge in [0.25, 0.3) is 5.56 Å². The van der Waals surface area contributed by atoms with E-state index in [1.54, 1.807) is 0 Å². The summed E-state index contributed by atoms with van der Waals surface area (Å²) in [6, 6.07) is 9.85. The molecule has 0 bridgehead atoms. The topological polar surface area (TPSA) is 64.0 Å². The monoisotopic (exact) mass is 421 g/mol. The molecule has 1 amide bonds. The number of amides is 1. The van der Waals surface area contributed by atoms with E-state index in [2.05, 4.69) is 10.3 Å². The van der Waals surface area contributed by atoms with E-state index in [0.717, 1.165) is 38.5 Å². The lowest BCUT2D eigenvalue weighted by Crippen LogP contribution is -2.31. The van der Waals surface area contributed by atoms with E-state index in [1.165, 1.54) is 11.3 Å². The Morgan fingerprint density at radius 1 is 1.17 bits per heavy atom. The standard InChI is InChI=1S/C20H18F3N3O2S/c1-12-5-7-14(8-6-12)10-16-13(2)24-19(29-16)25-17(27)11-26-9-3-4-15(18(26)28)20(21,22)23/h3-9H,10-11H2,1-2H3,(H,24,25,27). The van der Waals surface area contributed by atoms with E-state index in [1.807, 2.05) is 38.1 Å². The maximum atomic E-state index is 12.8. The predicted molar refractivity (Wildman–Crippen MR) is 105 cm³/mol. The third-order valence-electron chi connectivity index (χ3n) is 4.26. The molecule has 0 aliphatic carbocycles. The van der Waals surface area contributed by atoms with Gasteiger partial charge in [0, 0.05) is 17.5 Å². The molecule has 2 aromatic heterocycles. The smallest absolute Gasteiger partial charge is 0.306 e. The van der Waals surface area contributed by atoms with Gasteiger partial charge in [0.05, 0.1) is 5.69 Å². The van der Waals surface area contributed by atoms with Gasteiger partial charge in [0.1, 0.15) is 12.1 Å². The maximum Gasteiger partial charge on any atom is 0.421 e. The number of alkyl halides is 3. The SMILES string of the molecule is Cc1ccc(Cc2sc(NC(=O)Cn3cccc(C(F)(F)F)c3=O)nc2C)cc1. The van der Waals surface area contributed by atoms with Crippen LogP contribution >= 0.6 is 11.3 Å². The number of aromatic nitrogens is 2. The zero-order valence-corrected chi connectivity index (χ0v) is 16.5. The molecule has 3 aromatic rings. The van der Waals surface area contributed by atoms with Crippen molar-refractivity contribution in [1.29, 1.82) is 0 Å². The first-order valence-electron chi connectivity index (χ1n) is 8.72. The summed E-state index contributed by atoms with van der Waals surface area (Å²) in [4.78, 5) is 29.4. The van der Waals surface area contributed by atoms with Gasteiger partial charge in [0.2, 0.25) is 5.91 Å². The van der Waals surface area contributed by atoms with Crippen molar-refractivity contribution in [2.75, 3.05) is 5.32 Å². The summed E-state index contributed by atoms with van der Waals surface area (Å²) < 4.78 is 39.2. The van der Waals surface area contributed by atoms with Crippen LogP contribution in [0.15, 0.2) is 47.4 Å². The van der Waals surface area contributed by atoms with Crippen LogP contribution in [0.3, 0.4) is 0 Å². The minimum Gasteiger partial charge on any atom is -0.306 e. The molecule has 0 unspecified atom stereocenters. The Labute approximate surface area is 168 Å². The van der Waals surface area contributed by atoms with Crippen molar-refractivity contribution < 1.29 is 18.0 Å². The van der Waals surface area contributed by atoms with Gasteiger partial charge < -0.3 is 9.88 Å². The highest BCUT2D eigenvalue weighted by atomic mass is 32.1. The highest BCUT2D eigenvalue weighted by molar-refractivity contribution is 7.15. The lowest BCUT2D eigenvalue weighted by atomic mass is 10.1. The van der Waals surface area contributed by atoms with Gasteiger partial charge in [-0.3, -0.25) is 9.59 Å². The van der Waals surface area contributed by atoms with Gasteiger partial charge in [-0.15, -0.1) is 11.3 Å². The zero-order chi connectivity index (χ0) is 21.2. The third kappa shape index (κ3) is 5.11. The van der Waals surface area contributed by atoms with Gasteiger partial charge in [-0.05, 0) is 31.5 Å². The molecule has 0 radical (unpaired) electrons. The largest absolute Gasteiger partial charge is 0.421 e. The number of hydrogen-bond acceptors (Lipinski definition) is 4. The van der Waals surface area contributed by atoms with Gasteiger partial charge in [-0.25, -0.2) is 4.98 Å². The minimum absolute atomic E-state index is 0.342. The van der Waals surface area contributed by atoms with Crippen LogP contribution in [0.4, 0.5) is 18.3 Å². The van der Waals surface area contributed by atoms with Crippen LogP contribution < -0.4 is 10.9 Å². The molecule has 0 aliphatic rings. The highest BCUT2D eigenvalue weighted by Crippen LogP contribution is 2.27. The molecule has 29 heavy (non-hydrogen) atoms. The van der Waals surface area contributed by atoms with Gasteiger partial charge >= 0.3 is 6.18 Å². The van der Waals surface area contributed by atoms with Crippen LogP contribution in [0.1, 0.15) is 27.3 Å². The lowest BCUT2D eigenvalue weighted by molar-refractivity contribution is -0.139. The quantitative estimate of drug-likeness (QED) is 0.673. The summed E-state index contributed by atoms with van der Waals surface area (Å²) in [7, 11) is 0. The Morgan fingerprint density at radius 3 is 2.52 bits per heavy atom. The van der Waals surface area contributed by atoms with Crippen LogP contribution in [-0.2, 0) is 23.9 Å². The van der Waals surface area contributed by atoms with Crippen molar-refractivity contribution in [2.45, 2.75) is 33.0 Å². The molecule has 3 rings (SSSR count). The number of rotatable bonds is 5. The van der Waals surface area contributed by atoms with Crippen molar-refractivity contribution in [3.8, 4) is 0 Å². The number of aryl methyl sites for hydroxylation is 2. The van der Waals surface area contributed by atoms with Crippen molar-refractivity contribution in [1.82, 2.24) is 9.55 Å². The van der Waals surface area contributed by atoms with E-state index in [0.29, 0.717) is 17.6 Å². The van der Waals surface area contributed by atoms with Crippen LogP contribution in [0.5, 0.6) is 0 Å². The fourth-order valence-electron chi connectivity index (χ4n) is 2.73. The van der Waals surface area contributed by atoms with Crippen molar-refractivity contribution in [2.24, 2.45) is 0 Å². The average molecular weight is 421 g/mol. The Balaban J connectivity index is 1.70. The van der Waals surface area contributed by atoms with Crippen LogP contribution in [0, 0.1) is 13.8 Å². The molecule has 0 aliphatic heterocycles. The Kier molecular flexibility index (Phi) is 5.88. The van der Waals surface area contributed by atoms with E-state index in [-0.39, 0.29) is 0 Å². The normalized spacial score (nSPS) is 11.5. The number of pyridine rings is 1. The summed E-state index contributed by atoms with van der Waals surface area (Å²) >= 11 is 1.30. The molecule has 0 saturated heterocycles. The maximum absolute atomic E-state index is 12.8. The predicted octanol–water partition coefficient (Wildman–Crippen LogP) is 4.17. The number of carbonyl (C=O) groups excluding carboxylic acids is 1. The Hall–Kier alpha value is -2.94. The molecular weight excluding hydrogens is 403 g/mol. The Morgan fingerprint density at radius 2 is 1.86 bits per heavy atom. The van der Waals surface area contributed by atoms with Crippen molar-refractivity contribution >= 4 is 22.4 Å². The van der Waals surface area contributed by atoms with E-state index < -0.39 is 29.8 Å². The summed E-state index contributed by atoms with van der Waals surface area (Å²) in [5.74, 6) is -0.623. The van der Waals surface area contributed by atoms with E-state index >= 15 is 0 Å². The number of hydrogen-bond donors (Lipinski definition) is 1. The van der Waals surface area contributed by atoms with E-state index in [4.69, 9.17) is 0 Å². The fourth-order valence-corrected chi connectivity index (χ4v) is 3.74. The average Bonchev–Trinajstić information content (AvgIpc) is 2.96. The van der Waals surface area contributed by atoms with Gasteiger partial charge in [-0.1, -0.05) is 29.8 Å². The number of carbonyl (C=O) groups is 1. The van der Waals surface area contributed by atoms with Crippen LogP contribution in [-0.4, -0.2) is 15.5 Å². The number of benzene rings is 1. The number of nitrogens with zero attached hydrogens (tertiary/aromatic N) is 2. The molecule has 0 fully saturated rings. The minimum atomic E-state index is -4.77. The molecule has 2 heterocycles. The summed E-state index contributed by atoms with van der Waals surface area (Å²) in [5, 5.41) is 2.90. The first kappa shape index (κ1) is 20.8. The molecular formula is C20H18F3N3O2S. The number of halogens is 3. The summed E-state index contributed by atoms with van der Waals surface area (Å²) in [6.07, 6.45) is -2.96. The third-order valence-corrected chi connectivity index (χ3v) is 5.34. The van der Waals surface area contributed by atoms with Crippen LogP contribution in [0.25, 0.3) is 0 Å². The second-order valence-electron chi connectivity index (χ2n) is 6.59. The van der Waals surface area contributed by atoms with Crippen molar-refractivity contribution in [3.63, 3.8) is 0 Å². The zero-order valence-electron chi connectivity index (χ0n) is 15.7. The molecule has 1 N–H and O–H groups in total. The molecule has 0 atom stereocenters. The van der Waals surface area contributed by atoms with Gasteiger partial charge in [0.15, 0.2) is 5.13 Å². The fraction of sp³-hybridized carbons (Fsp3) is 0.250. The number of thiazole rings is 1. The van der Waals surface area contributed by atoms with E-state index in [9.17, 15) is 22.8 Å². The second kappa shape index (κ2) is 8.20. The first-order chi connectivity index (χ1) is 13.6. The highest BCUT2D eigenvalue weighted by Gasteiger charge is 2.34.